The molecule has 144 valence electrons. The lowest BCUT2D eigenvalue weighted by atomic mass is 10.1. The van der Waals surface area contributed by atoms with E-state index in [2.05, 4.69) is 10.0 Å². The molecule has 0 saturated heterocycles. The van der Waals surface area contributed by atoms with E-state index in [0.29, 0.717) is 5.69 Å². The molecule has 0 saturated carbocycles. The Morgan fingerprint density at radius 1 is 0.964 bits per heavy atom. The van der Waals surface area contributed by atoms with Gasteiger partial charge < -0.3 is 5.32 Å². The largest absolute Gasteiger partial charge is 0.322 e. The summed E-state index contributed by atoms with van der Waals surface area (Å²) in [5.74, 6) is -0.966. The summed E-state index contributed by atoms with van der Waals surface area (Å²) in [6.45, 7) is 1.98. The maximum absolute atomic E-state index is 13.3. The Kier molecular flexibility index (Phi) is 5.75. The quantitative estimate of drug-likeness (QED) is 0.645. The Bertz CT molecular complexity index is 1110. The molecule has 1 amide bonds. The molecule has 5 nitrogen and oxygen atoms in total. The number of halogens is 1. The molecule has 0 atom stereocenters. The number of aryl methyl sites for hydroxylation is 1. The predicted octanol–water partition coefficient (Wildman–Crippen LogP) is 4.44. The van der Waals surface area contributed by atoms with E-state index in [-0.39, 0.29) is 16.1 Å². The number of sulfonamides is 1. The van der Waals surface area contributed by atoms with Crippen molar-refractivity contribution in [3.8, 4) is 0 Å². The summed E-state index contributed by atoms with van der Waals surface area (Å²) in [4.78, 5) is 12.5. The summed E-state index contributed by atoms with van der Waals surface area (Å²) >= 11 is 0. The topological polar surface area (TPSA) is 75.3 Å². The van der Waals surface area contributed by atoms with Crippen molar-refractivity contribution in [2.24, 2.45) is 0 Å². The lowest BCUT2D eigenvalue weighted by molar-refractivity contribution is 0.102. The lowest BCUT2D eigenvalue weighted by Crippen LogP contribution is -2.16. The van der Waals surface area contributed by atoms with Crippen molar-refractivity contribution in [1.82, 2.24) is 0 Å². The summed E-state index contributed by atoms with van der Waals surface area (Å²) in [5, 5.41) is 2.81. The fraction of sp³-hybridized carbons (Fsp3) is 0.0952. The van der Waals surface area contributed by atoms with E-state index in [4.69, 9.17) is 0 Å². The van der Waals surface area contributed by atoms with Gasteiger partial charge in [-0.3, -0.25) is 9.52 Å². The standard InChI is InChI=1S/C21H19FN2O3S/c1-2-15-7-3-4-12-20(15)23-21(25)16-8-5-11-19(13-16)28(26,27)24-18-10-6-9-17(22)14-18/h3-14,24H,2H2,1H3,(H,23,25). The van der Waals surface area contributed by atoms with Gasteiger partial charge in [-0.05, 0) is 54.4 Å². The van der Waals surface area contributed by atoms with Crippen LogP contribution in [0.2, 0.25) is 0 Å². The van der Waals surface area contributed by atoms with Crippen LogP contribution in [0, 0.1) is 5.82 Å². The van der Waals surface area contributed by atoms with Crippen LogP contribution in [-0.4, -0.2) is 14.3 Å². The molecule has 3 rings (SSSR count). The summed E-state index contributed by atoms with van der Waals surface area (Å²) < 4.78 is 40.8. The second kappa shape index (κ2) is 8.22. The third-order valence-electron chi connectivity index (χ3n) is 4.13. The highest BCUT2D eigenvalue weighted by Crippen LogP contribution is 2.20. The number of carbonyl (C=O) groups excluding carboxylic acids is 1. The van der Waals surface area contributed by atoms with Crippen molar-refractivity contribution >= 4 is 27.3 Å². The molecule has 0 spiro atoms. The Hall–Kier alpha value is -3.19. The normalized spacial score (nSPS) is 11.1. The first kappa shape index (κ1) is 19.6. The first-order valence-electron chi connectivity index (χ1n) is 8.67. The van der Waals surface area contributed by atoms with E-state index in [1.54, 1.807) is 6.07 Å². The number of nitrogens with one attached hydrogen (secondary N) is 2. The second-order valence-corrected chi connectivity index (χ2v) is 7.79. The van der Waals surface area contributed by atoms with Crippen molar-refractivity contribution in [2.45, 2.75) is 18.2 Å². The van der Waals surface area contributed by atoms with Crippen LogP contribution in [0.4, 0.5) is 15.8 Å². The lowest BCUT2D eigenvalue weighted by Gasteiger charge is -2.11. The van der Waals surface area contributed by atoms with E-state index in [1.807, 2.05) is 25.1 Å². The van der Waals surface area contributed by atoms with Gasteiger partial charge in [0.05, 0.1) is 10.6 Å². The Morgan fingerprint density at radius 3 is 2.46 bits per heavy atom. The Morgan fingerprint density at radius 2 is 1.71 bits per heavy atom. The van der Waals surface area contributed by atoms with Crippen LogP contribution in [0.5, 0.6) is 0 Å². The van der Waals surface area contributed by atoms with Crippen molar-refractivity contribution in [1.29, 1.82) is 0 Å². The Balaban J connectivity index is 1.84. The molecular weight excluding hydrogens is 379 g/mol. The summed E-state index contributed by atoms with van der Waals surface area (Å²) in [7, 11) is -3.97. The third kappa shape index (κ3) is 4.55. The van der Waals surface area contributed by atoms with Crippen LogP contribution in [0.15, 0.2) is 77.7 Å². The molecule has 0 aromatic heterocycles. The summed E-state index contributed by atoms with van der Waals surface area (Å²) in [6.07, 6.45) is 0.752. The van der Waals surface area contributed by atoms with Crippen LogP contribution in [0.1, 0.15) is 22.8 Å². The minimum atomic E-state index is -3.97. The number of anilines is 2. The van der Waals surface area contributed by atoms with Gasteiger partial charge in [0.2, 0.25) is 0 Å². The van der Waals surface area contributed by atoms with Crippen LogP contribution in [0.25, 0.3) is 0 Å². The number of para-hydroxylation sites is 1. The van der Waals surface area contributed by atoms with Gasteiger partial charge in [-0.15, -0.1) is 0 Å². The predicted molar refractivity (Wildman–Crippen MR) is 107 cm³/mol. The van der Waals surface area contributed by atoms with E-state index in [1.165, 1.54) is 42.5 Å². The van der Waals surface area contributed by atoms with Gasteiger partial charge >= 0.3 is 0 Å². The Labute approximate surface area is 163 Å². The molecule has 7 heteroatoms. The number of rotatable bonds is 6. The number of carbonyl (C=O) groups is 1. The minimum absolute atomic E-state index is 0.0896. The summed E-state index contributed by atoms with van der Waals surface area (Å²) in [5.41, 5.74) is 1.97. The van der Waals surface area contributed by atoms with Gasteiger partial charge in [-0.1, -0.05) is 37.3 Å². The molecule has 0 fully saturated rings. The van der Waals surface area contributed by atoms with E-state index in [0.717, 1.165) is 18.1 Å². The van der Waals surface area contributed by atoms with E-state index in [9.17, 15) is 17.6 Å². The van der Waals surface area contributed by atoms with Gasteiger partial charge in [0, 0.05) is 11.3 Å². The molecule has 0 aliphatic carbocycles. The molecule has 3 aromatic carbocycles. The van der Waals surface area contributed by atoms with E-state index >= 15 is 0 Å². The number of amides is 1. The first-order chi connectivity index (χ1) is 13.4. The molecule has 0 heterocycles. The minimum Gasteiger partial charge on any atom is -0.322 e. The van der Waals surface area contributed by atoms with Crippen LogP contribution >= 0.6 is 0 Å². The number of benzene rings is 3. The molecular formula is C21H19FN2O3S. The van der Waals surface area contributed by atoms with Crippen LogP contribution < -0.4 is 10.0 Å². The van der Waals surface area contributed by atoms with Crippen LogP contribution in [-0.2, 0) is 16.4 Å². The number of hydrogen-bond acceptors (Lipinski definition) is 3. The van der Waals surface area contributed by atoms with Crippen molar-refractivity contribution in [3.63, 3.8) is 0 Å². The molecule has 0 radical (unpaired) electrons. The molecule has 0 aliphatic rings. The van der Waals surface area contributed by atoms with Crippen LogP contribution in [0.3, 0.4) is 0 Å². The molecule has 0 bridgehead atoms. The smallest absolute Gasteiger partial charge is 0.261 e. The van der Waals surface area contributed by atoms with Gasteiger partial charge in [-0.2, -0.15) is 0 Å². The van der Waals surface area contributed by atoms with Gasteiger partial charge in [0.15, 0.2) is 0 Å². The maximum atomic E-state index is 13.3. The van der Waals surface area contributed by atoms with Crippen molar-refractivity contribution < 1.29 is 17.6 Å². The maximum Gasteiger partial charge on any atom is 0.261 e. The highest BCUT2D eigenvalue weighted by Gasteiger charge is 2.17. The molecule has 3 aromatic rings. The molecule has 0 unspecified atom stereocenters. The molecule has 28 heavy (non-hydrogen) atoms. The highest BCUT2D eigenvalue weighted by molar-refractivity contribution is 7.92. The van der Waals surface area contributed by atoms with Gasteiger partial charge in [-0.25, -0.2) is 12.8 Å². The molecule has 0 aliphatic heterocycles. The fourth-order valence-corrected chi connectivity index (χ4v) is 3.81. The molecule has 2 N–H and O–H groups in total. The SMILES string of the molecule is CCc1ccccc1NC(=O)c1cccc(S(=O)(=O)Nc2cccc(F)c2)c1. The second-order valence-electron chi connectivity index (χ2n) is 6.11. The summed E-state index contributed by atoms with van der Waals surface area (Å²) in [6, 6.07) is 18.2. The zero-order valence-electron chi connectivity index (χ0n) is 15.1. The van der Waals surface area contributed by atoms with E-state index < -0.39 is 21.7 Å². The zero-order chi connectivity index (χ0) is 20.1. The third-order valence-corrected chi connectivity index (χ3v) is 5.51. The van der Waals surface area contributed by atoms with Gasteiger partial charge in [0.1, 0.15) is 5.82 Å². The van der Waals surface area contributed by atoms with Crippen molar-refractivity contribution in [2.75, 3.05) is 10.0 Å². The van der Waals surface area contributed by atoms with Gasteiger partial charge in [0.25, 0.3) is 15.9 Å². The highest BCUT2D eigenvalue weighted by atomic mass is 32.2. The average Bonchev–Trinajstić information content (AvgIpc) is 2.68. The number of hydrogen-bond donors (Lipinski definition) is 2. The zero-order valence-corrected chi connectivity index (χ0v) is 16.0. The monoisotopic (exact) mass is 398 g/mol. The average molecular weight is 398 g/mol. The fourth-order valence-electron chi connectivity index (χ4n) is 2.72. The first-order valence-corrected chi connectivity index (χ1v) is 10.1. The van der Waals surface area contributed by atoms with Crippen molar-refractivity contribution in [3.05, 3.63) is 89.7 Å².